The van der Waals surface area contributed by atoms with E-state index in [9.17, 15) is 8.42 Å². The number of rotatable bonds is 5. The average molecular weight is 350 g/mol. The molecular weight excluding hydrogens is 332 g/mol. The average Bonchev–Trinajstić information content (AvgIpc) is 3.06. The van der Waals surface area contributed by atoms with Gasteiger partial charge in [-0.25, -0.2) is 13.4 Å². The molecule has 3 rings (SSSR count). The third kappa shape index (κ3) is 4.23. The molecule has 5 nitrogen and oxygen atoms in total. The first-order valence-electron chi connectivity index (χ1n) is 7.39. The molecule has 0 amide bonds. The molecule has 0 saturated carbocycles. The molecule has 1 fully saturated rings. The molecule has 1 saturated heterocycles. The fourth-order valence-electron chi connectivity index (χ4n) is 2.38. The Hall–Kier alpha value is -1.60. The zero-order chi connectivity index (χ0) is 16.3. The molecule has 2 heterocycles. The highest BCUT2D eigenvalue weighted by Crippen LogP contribution is 2.27. The van der Waals surface area contributed by atoms with Crippen LogP contribution in [0.1, 0.15) is 12.8 Å². The van der Waals surface area contributed by atoms with Crippen LogP contribution in [0.25, 0.3) is 11.3 Å². The second kappa shape index (κ2) is 6.88. The van der Waals surface area contributed by atoms with Gasteiger partial charge in [-0.15, -0.1) is 0 Å². The van der Waals surface area contributed by atoms with Crippen LogP contribution in [0.3, 0.4) is 0 Å². The molecule has 1 aliphatic rings. The minimum absolute atomic E-state index is 0.292. The third-order valence-corrected chi connectivity index (χ3v) is 6.13. The van der Waals surface area contributed by atoms with E-state index in [1.807, 2.05) is 11.8 Å². The van der Waals surface area contributed by atoms with Crippen molar-refractivity contribution in [3.05, 3.63) is 36.7 Å². The Morgan fingerprint density at radius 2 is 2.04 bits per heavy atom. The molecule has 1 atom stereocenters. The summed E-state index contributed by atoms with van der Waals surface area (Å²) in [6.07, 6.45) is 6.87. The molecule has 0 aliphatic carbocycles. The highest BCUT2D eigenvalue weighted by molar-refractivity contribution is 8.00. The molecule has 23 heavy (non-hydrogen) atoms. The minimum atomic E-state index is -3.19. The SMILES string of the molecule is CS(=O)(=O)c1ccc(-c2cncc(OC[C@@H]3CCCS3)n2)cc1. The Morgan fingerprint density at radius 1 is 1.26 bits per heavy atom. The Kier molecular flexibility index (Phi) is 4.87. The number of ether oxygens (including phenoxy) is 1. The second-order valence-corrected chi connectivity index (χ2v) is 8.91. The summed E-state index contributed by atoms with van der Waals surface area (Å²) >= 11 is 1.94. The minimum Gasteiger partial charge on any atom is -0.475 e. The van der Waals surface area contributed by atoms with Crippen LogP contribution in [0.5, 0.6) is 5.88 Å². The summed E-state index contributed by atoms with van der Waals surface area (Å²) in [6, 6.07) is 6.62. The summed E-state index contributed by atoms with van der Waals surface area (Å²) in [5.74, 6) is 1.70. The van der Waals surface area contributed by atoms with Gasteiger partial charge in [0.15, 0.2) is 9.84 Å². The van der Waals surface area contributed by atoms with E-state index < -0.39 is 9.84 Å². The molecule has 122 valence electrons. The van der Waals surface area contributed by atoms with Crippen LogP contribution in [-0.2, 0) is 9.84 Å². The van der Waals surface area contributed by atoms with Gasteiger partial charge in [0.1, 0.15) is 6.61 Å². The Balaban J connectivity index is 1.73. The van der Waals surface area contributed by atoms with Gasteiger partial charge in [-0.1, -0.05) is 12.1 Å². The molecule has 1 aliphatic heterocycles. The van der Waals surface area contributed by atoms with Gasteiger partial charge in [0.2, 0.25) is 5.88 Å². The van der Waals surface area contributed by atoms with Crippen molar-refractivity contribution >= 4 is 21.6 Å². The van der Waals surface area contributed by atoms with Gasteiger partial charge in [0.25, 0.3) is 0 Å². The maximum Gasteiger partial charge on any atom is 0.232 e. The van der Waals surface area contributed by atoms with Crippen LogP contribution in [0.15, 0.2) is 41.6 Å². The molecule has 7 heteroatoms. The normalized spacial score (nSPS) is 18.0. The van der Waals surface area contributed by atoms with Crippen LogP contribution in [0.4, 0.5) is 0 Å². The van der Waals surface area contributed by atoms with Gasteiger partial charge in [-0.2, -0.15) is 11.8 Å². The first-order valence-corrected chi connectivity index (χ1v) is 10.3. The number of benzene rings is 1. The summed E-state index contributed by atoms with van der Waals surface area (Å²) < 4.78 is 28.7. The van der Waals surface area contributed by atoms with E-state index in [2.05, 4.69) is 9.97 Å². The number of aromatic nitrogens is 2. The lowest BCUT2D eigenvalue weighted by Gasteiger charge is -2.10. The van der Waals surface area contributed by atoms with Crippen molar-refractivity contribution in [3.8, 4) is 17.1 Å². The lowest BCUT2D eigenvalue weighted by atomic mass is 10.2. The highest BCUT2D eigenvalue weighted by Gasteiger charge is 2.16. The zero-order valence-corrected chi connectivity index (χ0v) is 14.4. The molecule has 1 aromatic carbocycles. The summed E-state index contributed by atoms with van der Waals surface area (Å²) in [5.41, 5.74) is 1.48. The van der Waals surface area contributed by atoms with Crippen molar-refractivity contribution in [1.29, 1.82) is 0 Å². The fourth-order valence-corrected chi connectivity index (χ4v) is 4.18. The lowest BCUT2D eigenvalue weighted by Crippen LogP contribution is -2.11. The number of hydrogen-bond acceptors (Lipinski definition) is 6. The van der Waals surface area contributed by atoms with Crippen molar-refractivity contribution in [3.63, 3.8) is 0 Å². The largest absolute Gasteiger partial charge is 0.475 e. The summed E-state index contributed by atoms with van der Waals surface area (Å²) in [4.78, 5) is 8.91. The second-order valence-electron chi connectivity index (χ2n) is 5.49. The highest BCUT2D eigenvalue weighted by atomic mass is 32.2. The van der Waals surface area contributed by atoms with E-state index in [1.54, 1.807) is 36.7 Å². The predicted molar refractivity (Wildman–Crippen MR) is 91.6 cm³/mol. The lowest BCUT2D eigenvalue weighted by molar-refractivity contribution is 0.302. The van der Waals surface area contributed by atoms with E-state index in [1.165, 1.54) is 24.9 Å². The topological polar surface area (TPSA) is 69.2 Å². The maximum atomic E-state index is 11.5. The van der Waals surface area contributed by atoms with Gasteiger partial charge in [0.05, 0.1) is 23.0 Å². The van der Waals surface area contributed by atoms with E-state index in [-0.39, 0.29) is 0 Å². The van der Waals surface area contributed by atoms with Crippen molar-refractivity contribution in [2.24, 2.45) is 0 Å². The summed E-state index contributed by atoms with van der Waals surface area (Å²) in [7, 11) is -3.19. The molecule has 0 spiro atoms. The van der Waals surface area contributed by atoms with E-state index in [4.69, 9.17) is 4.74 Å². The first kappa shape index (κ1) is 16.3. The van der Waals surface area contributed by atoms with Crippen LogP contribution in [-0.4, -0.2) is 42.3 Å². The fraction of sp³-hybridized carbons (Fsp3) is 0.375. The van der Waals surface area contributed by atoms with Crippen LogP contribution >= 0.6 is 11.8 Å². The zero-order valence-electron chi connectivity index (χ0n) is 12.8. The number of thioether (sulfide) groups is 1. The van der Waals surface area contributed by atoms with Gasteiger partial charge >= 0.3 is 0 Å². The van der Waals surface area contributed by atoms with Gasteiger partial charge in [-0.05, 0) is 30.7 Å². The van der Waals surface area contributed by atoms with E-state index in [0.717, 1.165) is 5.56 Å². The number of hydrogen-bond donors (Lipinski definition) is 0. The first-order chi connectivity index (χ1) is 11.0. The molecule has 0 bridgehead atoms. The van der Waals surface area contributed by atoms with E-state index >= 15 is 0 Å². The third-order valence-electron chi connectivity index (χ3n) is 3.63. The summed E-state index contributed by atoms with van der Waals surface area (Å²) in [6.45, 7) is 0.649. The van der Waals surface area contributed by atoms with Crippen molar-refractivity contribution in [2.75, 3.05) is 18.6 Å². The Bertz CT molecular complexity index is 770. The number of nitrogens with zero attached hydrogens (tertiary/aromatic N) is 2. The molecule has 0 N–H and O–H groups in total. The van der Waals surface area contributed by atoms with Crippen LogP contribution in [0.2, 0.25) is 0 Å². The standard InChI is InChI=1S/C16H18N2O3S2/c1-23(19,20)14-6-4-12(5-7-14)15-9-17-10-16(18-15)21-11-13-3-2-8-22-13/h4-7,9-10,13H,2-3,8,11H2,1H3/t13-/m0/s1. The van der Waals surface area contributed by atoms with Crippen molar-refractivity contribution in [2.45, 2.75) is 23.0 Å². The molecular formula is C16H18N2O3S2. The number of sulfone groups is 1. The van der Waals surface area contributed by atoms with Crippen molar-refractivity contribution in [1.82, 2.24) is 9.97 Å². The molecule has 1 aromatic heterocycles. The van der Waals surface area contributed by atoms with Gasteiger partial charge in [0, 0.05) is 17.1 Å². The maximum absolute atomic E-state index is 11.5. The molecule has 0 radical (unpaired) electrons. The Labute approximate surface area is 140 Å². The van der Waals surface area contributed by atoms with Crippen LogP contribution < -0.4 is 4.74 Å². The van der Waals surface area contributed by atoms with Gasteiger partial charge < -0.3 is 4.74 Å². The Morgan fingerprint density at radius 3 is 2.70 bits per heavy atom. The van der Waals surface area contributed by atoms with Gasteiger partial charge in [-0.3, -0.25) is 4.98 Å². The molecule has 2 aromatic rings. The monoisotopic (exact) mass is 350 g/mol. The predicted octanol–water partition coefficient (Wildman–Crippen LogP) is 2.82. The van der Waals surface area contributed by atoms with E-state index in [0.29, 0.717) is 28.3 Å². The summed E-state index contributed by atoms with van der Waals surface area (Å²) in [5, 5.41) is 0.537. The van der Waals surface area contributed by atoms with Crippen LogP contribution in [0, 0.1) is 0 Å². The smallest absolute Gasteiger partial charge is 0.232 e. The van der Waals surface area contributed by atoms with Crippen molar-refractivity contribution < 1.29 is 13.2 Å². The molecule has 0 unspecified atom stereocenters. The quantitative estimate of drug-likeness (QED) is 0.826.